The zero-order valence-corrected chi connectivity index (χ0v) is 22.1. The number of rotatable bonds is 6. The highest BCUT2D eigenvalue weighted by atomic mass is 35.5. The van der Waals surface area contributed by atoms with Gasteiger partial charge in [-0.1, -0.05) is 53.9 Å². The minimum absolute atomic E-state index is 0.0677. The number of halogens is 2. The molecule has 3 aromatic rings. The van der Waals surface area contributed by atoms with Crippen LogP contribution in [-0.2, 0) is 9.59 Å². The van der Waals surface area contributed by atoms with Gasteiger partial charge in [-0.3, -0.25) is 9.59 Å². The largest absolute Gasteiger partial charge is 0.490 e. The van der Waals surface area contributed by atoms with E-state index in [0.29, 0.717) is 22.0 Å². The molecule has 1 aliphatic carbocycles. The molecule has 2 fully saturated rings. The van der Waals surface area contributed by atoms with Gasteiger partial charge in [0.2, 0.25) is 11.8 Å². The third-order valence-corrected chi connectivity index (χ3v) is 7.77. The van der Waals surface area contributed by atoms with Crippen molar-refractivity contribution in [3.63, 3.8) is 0 Å². The fraction of sp³-hybridized carbons (Fsp3) is 0.355. The van der Waals surface area contributed by atoms with Gasteiger partial charge in [-0.25, -0.2) is 4.39 Å². The Morgan fingerprint density at radius 1 is 1.03 bits per heavy atom. The standard InChI is InChI=1S/C31H32ClFN2O3/c1-19-13-14-27(38-24-11-3-2-4-12-24)26(15-19)30-29(31(37)34-23-10-6-8-21(32)17-23)25(18-28(36)35-30)20-7-5-9-22(33)16-20/h5-10,13-17,24-25,29-30H,2-4,11-12,18H2,1H3,(H,34,37)(H,35,36)/t25-,29?,30+/m0/s1. The van der Waals surface area contributed by atoms with Gasteiger partial charge < -0.3 is 15.4 Å². The molecule has 1 aliphatic heterocycles. The van der Waals surface area contributed by atoms with E-state index in [9.17, 15) is 14.0 Å². The van der Waals surface area contributed by atoms with Crippen LogP contribution < -0.4 is 15.4 Å². The monoisotopic (exact) mass is 534 g/mol. The van der Waals surface area contributed by atoms with Gasteiger partial charge in [-0.05, 0) is 74.6 Å². The van der Waals surface area contributed by atoms with Crippen LogP contribution in [0.3, 0.4) is 0 Å². The van der Waals surface area contributed by atoms with Gasteiger partial charge >= 0.3 is 0 Å². The van der Waals surface area contributed by atoms with E-state index in [1.165, 1.54) is 18.6 Å². The summed E-state index contributed by atoms with van der Waals surface area (Å²) in [6.45, 7) is 1.98. The number of carbonyl (C=O) groups is 2. The zero-order valence-electron chi connectivity index (χ0n) is 21.4. The van der Waals surface area contributed by atoms with E-state index in [-0.39, 0.29) is 24.3 Å². The Labute approximate surface area is 227 Å². The smallest absolute Gasteiger partial charge is 0.230 e. The summed E-state index contributed by atoms with van der Waals surface area (Å²) < 4.78 is 20.8. The molecule has 0 spiro atoms. The summed E-state index contributed by atoms with van der Waals surface area (Å²) in [5, 5.41) is 6.57. The molecule has 0 radical (unpaired) electrons. The third kappa shape index (κ3) is 6.02. The van der Waals surface area contributed by atoms with Crippen molar-refractivity contribution in [3.8, 4) is 5.75 Å². The molecule has 2 amide bonds. The SMILES string of the molecule is Cc1ccc(OC2CCCCC2)c([C@H]2NC(=O)C[C@@H](c3cccc(F)c3)C2C(=O)Nc2cccc(Cl)c2)c1. The van der Waals surface area contributed by atoms with Crippen LogP contribution in [-0.4, -0.2) is 17.9 Å². The van der Waals surface area contributed by atoms with Crippen LogP contribution in [0.5, 0.6) is 5.75 Å². The highest BCUT2D eigenvalue weighted by Crippen LogP contribution is 2.44. The molecule has 198 valence electrons. The zero-order chi connectivity index (χ0) is 26.6. The lowest BCUT2D eigenvalue weighted by atomic mass is 9.73. The molecule has 5 rings (SSSR count). The molecule has 0 bridgehead atoms. The normalized spacial score (nSPS) is 22.0. The van der Waals surface area contributed by atoms with Crippen molar-refractivity contribution in [2.24, 2.45) is 5.92 Å². The first-order chi connectivity index (χ1) is 18.4. The van der Waals surface area contributed by atoms with Crippen LogP contribution in [0.15, 0.2) is 66.7 Å². The molecule has 5 nitrogen and oxygen atoms in total. The first-order valence-corrected chi connectivity index (χ1v) is 13.6. The molecule has 0 aromatic heterocycles. The van der Waals surface area contributed by atoms with E-state index in [4.69, 9.17) is 16.3 Å². The average molecular weight is 535 g/mol. The number of aryl methyl sites for hydroxylation is 1. The van der Waals surface area contributed by atoms with E-state index in [1.807, 2.05) is 25.1 Å². The predicted octanol–water partition coefficient (Wildman–Crippen LogP) is 7.10. The Hall–Kier alpha value is -3.38. The second-order valence-corrected chi connectivity index (χ2v) is 10.8. The number of hydrogen-bond donors (Lipinski definition) is 2. The molecule has 1 heterocycles. The Morgan fingerprint density at radius 2 is 1.82 bits per heavy atom. The predicted molar refractivity (Wildman–Crippen MR) is 147 cm³/mol. The fourth-order valence-electron chi connectivity index (χ4n) is 5.72. The molecular weight excluding hydrogens is 503 g/mol. The first kappa shape index (κ1) is 26.2. The lowest BCUT2D eigenvalue weighted by Gasteiger charge is -2.39. The van der Waals surface area contributed by atoms with Crippen molar-refractivity contribution in [2.45, 2.75) is 63.5 Å². The second kappa shape index (κ2) is 11.6. The Kier molecular flexibility index (Phi) is 7.98. The number of piperidine rings is 1. The summed E-state index contributed by atoms with van der Waals surface area (Å²) in [7, 11) is 0. The topological polar surface area (TPSA) is 67.4 Å². The van der Waals surface area contributed by atoms with Crippen molar-refractivity contribution in [2.75, 3.05) is 5.32 Å². The van der Waals surface area contributed by atoms with E-state index in [2.05, 4.69) is 10.6 Å². The number of nitrogens with one attached hydrogen (secondary N) is 2. The van der Waals surface area contributed by atoms with E-state index in [0.717, 1.165) is 36.8 Å². The number of amides is 2. The molecule has 3 aromatic carbocycles. The lowest BCUT2D eigenvalue weighted by Crippen LogP contribution is -2.47. The van der Waals surface area contributed by atoms with Gasteiger partial charge in [0, 0.05) is 28.6 Å². The maximum atomic E-state index is 14.3. The van der Waals surface area contributed by atoms with Crippen LogP contribution in [0, 0.1) is 18.7 Å². The number of anilines is 1. The highest BCUT2D eigenvalue weighted by molar-refractivity contribution is 6.30. The van der Waals surface area contributed by atoms with Crippen molar-refractivity contribution < 1.29 is 18.7 Å². The number of hydrogen-bond acceptors (Lipinski definition) is 3. The Bertz CT molecular complexity index is 1320. The first-order valence-electron chi connectivity index (χ1n) is 13.3. The fourth-order valence-corrected chi connectivity index (χ4v) is 5.91. The van der Waals surface area contributed by atoms with Crippen molar-refractivity contribution in [1.82, 2.24) is 5.32 Å². The van der Waals surface area contributed by atoms with Crippen LogP contribution in [0.25, 0.3) is 0 Å². The number of carbonyl (C=O) groups excluding carboxylic acids is 2. The van der Waals surface area contributed by atoms with Crippen molar-refractivity contribution in [1.29, 1.82) is 0 Å². The molecule has 2 aliphatic rings. The number of ether oxygens (including phenoxy) is 1. The minimum atomic E-state index is -0.719. The molecular formula is C31H32ClFN2O3. The summed E-state index contributed by atoms with van der Waals surface area (Å²) in [5.41, 5.74) is 2.92. The maximum absolute atomic E-state index is 14.3. The Morgan fingerprint density at radius 3 is 2.58 bits per heavy atom. The summed E-state index contributed by atoms with van der Waals surface area (Å²) in [6.07, 6.45) is 5.58. The summed E-state index contributed by atoms with van der Waals surface area (Å²) in [4.78, 5) is 27.1. The summed E-state index contributed by atoms with van der Waals surface area (Å²) in [6, 6.07) is 18.3. The van der Waals surface area contributed by atoms with Crippen LogP contribution >= 0.6 is 11.6 Å². The molecule has 1 saturated carbocycles. The van der Waals surface area contributed by atoms with E-state index in [1.54, 1.807) is 36.4 Å². The van der Waals surface area contributed by atoms with Gasteiger partial charge in [-0.15, -0.1) is 0 Å². The quantitative estimate of drug-likeness (QED) is 0.354. The van der Waals surface area contributed by atoms with E-state index < -0.39 is 23.7 Å². The number of benzene rings is 3. The van der Waals surface area contributed by atoms with Gasteiger partial charge in [0.1, 0.15) is 11.6 Å². The molecule has 7 heteroatoms. The second-order valence-electron chi connectivity index (χ2n) is 10.4. The van der Waals surface area contributed by atoms with Crippen LogP contribution in [0.1, 0.15) is 67.2 Å². The molecule has 1 saturated heterocycles. The summed E-state index contributed by atoms with van der Waals surface area (Å²) in [5.74, 6) is -1.46. The summed E-state index contributed by atoms with van der Waals surface area (Å²) >= 11 is 6.16. The Balaban J connectivity index is 1.57. The molecule has 3 atom stereocenters. The molecule has 2 N–H and O–H groups in total. The van der Waals surface area contributed by atoms with Gasteiger partial charge in [0.25, 0.3) is 0 Å². The van der Waals surface area contributed by atoms with Gasteiger partial charge in [0.05, 0.1) is 18.1 Å². The van der Waals surface area contributed by atoms with Crippen LogP contribution in [0.4, 0.5) is 10.1 Å². The van der Waals surface area contributed by atoms with Crippen molar-refractivity contribution in [3.05, 3.63) is 94.3 Å². The van der Waals surface area contributed by atoms with E-state index >= 15 is 0 Å². The molecule has 38 heavy (non-hydrogen) atoms. The highest BCUT2D eigenvalue weighted by Gasteiger charge is 2.44. The third-order valence-electron chi connectivity index (χ3n) is 7.53. The average Bonchev–Trinajstić information content (AvgIpc) is 2.90. The molecule has 1 unspecified atom stereocenters. The van der Waals surface area contributed by atoms with Crippen molar-refractivity contribution >= 4 is 29.1 Å². The maximum Gasteiger partial charge on any atom is 0.230 e. The van der Waals surface area contributed by atoms with Gasteiger partial charge in [-0.2, -0.15) is 0 Å². The lowest BCUT2D eigenvalue weighted by molar-refractivity contribution is -0.129. The van der Waals surface area contributed by atoms with Gasteiger partial charge in [0.15, 0.2) is 0 Å². The minimum Gasteiger partial charge on any atom is -0.490 e. The van der Waals surface area contributed by atoms with Crippen LogP contribution in [0.2, 0.25) is 5.02 Å².